The van der Waals surface area contributed by atoms with Crippen molar-refractivity contribution in [2.24, 2.45) is 0 Å². The summed E-state index contributed by atoms with van der Waals surface area (Å²) < 4.78 is 13.7. The number of para-hydroxylation sites is 1. The van der Waals surface area contributed by atoms with Gasteiger partial charge in [0.2, 0.25) is 0 Å². The molecule has 0 amide bonds. The highest BCUT2D eigenvalue weighted by Gasteiger charge is 2.09. The number of aromatic amines is 1. The maximum atomic E-state index is 13.7. The van der Waals surface area contributed by atoms with Gasteiger partial charge in [-0.15, -0.1) is 0 Å². The number of aromatic nitrogens is 2. The van der Waals surface area contributed by atoms with Gasteiger partial charge in [-0.3, -0.25) is 5.10 Å². The van der Waals surface area contributed by atoms with Crippen molar-refractivity contribution in [2.45, 2.75) is 6.42 Å². The molecule has 0 saturated carbocycles. The van der Waals surface area contributed by atoms with Crippen molar-refractivity contribution in [1.29, 1.82) is 0 Å². The monoisotopic (exact) mass is 260 g/mol. The minimum atomic E-state index is -0.291. The summed E-state index contributed by atoms with van der Waals surface area (Å²) in [7, 11) is 0. The van der Waals surface area contributed by atoms with Gasteiger partial charge in [0.1, 0.15) is 5.82 Å². The Morgan fingerprint density at radius 2 is 2.00 bits per heavy atom. The summed E-state index contributed by atoms with van der Waals surface area (Å²) in [5.74, 6) is -0.291. The second kappa shape index (κ2) is 4.42. The number of H-pyrrole nitrogens is 1. The molecule has 0 aliphatic rings. The molecule has 4 heteroatoms. The van der Waals surface area contributed by atoms with E-state index in [-0.39, 0.29) is 5.82 Å². The molecule has 3 aromatic rings. The van der Waals surface area contributed by atoms with E-state index >= 15 is 0 Å². The first-order valence-electron chi connectivity index (χ1n) is 5.60. The Kier molecular flexibility index (Phi) is 2.76. The summed E-state index contributed by atoms with van der Waals surface area (Å²) in [6, 6.07) is 12.5. The topological polar surface area (TPSA) is 28.7 Å². The summed E-state index contributed by atoms with van der Waals surface area (Å²) in [5.41, 5.74) is 2.41. The van der Waals surface area contributed by atoms with Gasteiger partial charge in [-0.2, -0.15) is 5.10 Å². The van der Waals surface area contributed by atoms with Crippen molar-refractivity contribution in [3.8, 4) is 0 Å². The number of nitrogens with zero attached hydrogens (tertiary/aromatic N) is 1. The van der Waals surface area contributed by atoms with Crippen molar-refractivity contribution in [3.63, 3.8) is 0 Å². The molecular formula is C14H10ClFN2. The number of hydrogen-bond acceptors (Lipinski definition) is 1. The Morgan fingerprint density at radius 3 is 2.83 bits per heavy atom. The van der Waals surface area contributed by atoms with Gasteiger partial charge < -0.3 is 0 Å². The summed E-state index contributed by atoms with van der Waals surface area (Å²) >= 11 is 5.73. The summed E-state index contributed by atoms with van der Waals surface area (Å²) in [5, 5.41) is 8.57. The molecule has 1 aromatic heterocycles. The fraction of sp³-hybridized carbons (Fsp3) is 0.0714. The molecular weight excluding hydrogens is 251 g/mol. The Bertz CT molecular complexity index is 706. The van der Waals surface area contributed by atoms with Gasteiger partial charge in [0.05, 0.1) is 5.52 Å². The standard InChI is InChI=1S/C14H10ClFN2/c15-10-6-5-9(12(16)8-10)7-14-11-3-1-2-4-13(11)17-18-14/h1-6,8H,7H2,(H,17,18). The maximum absolute atomic E-state index is 13.7. The van der Waals surface area contributed by atoms with E-state index in [0.29, 0.717) is 17.0 Å². The minimum Gasteiger partial charge on any atom is -0.281 e. The zero-order valence-electron chi connectivity index (χ0n) is 9.45. The molecule has 18 heavy (non-hydrogen) atoms. The zero-order chi connectivity index (χ0) is 12.5. The minimum absolute atomic E-state index is 0.291. The molecule has 1 heterocycles. The molecule has 1 N–H and O–H groups in total. The summed E-state index contributed by atoms with van der Waals surface area (Å²) in [4.78, 5) is 0. The van der Waals surface area contributed by atoms with E-state index in [0.717, 1.165) is 16.6 Å². The third-order valence-electron chi connectivity index (χ3n) is 2.92. The Morgan fingerprint density at radius 1 is 1.17 bits per heavy atom. The molecule has 0 bridgehead atoms. The van der Waals surface area contributed by atoms with Crippen LogP contribution in [0.25, 0.3) is 10.9 Å². The van der Waals surface area contributed by atoms with Crippen molar-refractivity contribution >= 4 is 22.5 Å². The largest absolute Gasteiger partial charge is 0.281 e. The zero-order valence-corrected chi connectivity index (χ0v) is 10.2. The summed E-state index contributed by atoms with van der Waals surface area (Å²) in [6.07, 6.45) is 0.476. The SMILES string of the molecule is Fc1cc(Cl)ccc1Cc1[nH]nc2ccccc12. The molecule has 0 atom stereocenters. The quantitative estimate of drug-likeness (QED) is 0.743. The lowest BCUT2D eigenvalue weighted by molar-refractivity contribution is 0.613. The highest BCUT2D eigenvalue weighted by molar-refractivity contribution is 6.30. The lowest BCUT2D eigenvalue weighted by atomic mass is 10.1. The van der Waals surface area contributed by atoms with Crippen molar-refractivity contribution in [3.05, 3.63) is 64.6 Å². The fourth-order valence-corrected chi connectivity index (χ4v) is 2.16. The molecule has 0 unspecified atom stereocenters. The number of benzene rings is 2. The van der Waals surface area contributed by atoms with Crippen molar-refractivity contribution in [1.82, 2.24) is 10.2 Å². The Labute approximate surface area is 108 Å². The van der Waals surface area contributed by atoms with Crippen LogP contribution in [0.3, 0.4) is 0 Å². The molecule has 3 rings (SSSR count). The fourth-order valence-electron chi connectivity index (χ4n) is 2.00. The lowest BCUT2D eigenvalue weighted by Gasteiger charge is -2.02. The van der Waals surface area contributed by atoms with Crippen LogP contribution in [-0.4, -0.2) is 10.2 Å². The number of nitrogens with one attached hydrogen (secondary N) is 1. The average Bonchev–Trinajstić information content (AvgIpc) is 2.76. The van der Waals surface area contributed by atoms with Crippen molar-refractivity contribution in [2.75, 3.05) is 0 Å². The number of fused-ring (bicyclic) bond motifs is 1. The van der Waals surface area contributed by atoms with E-state index < -0.39 is 0 Å². The third-order valence-corrected chi connectivity index (χ3v) is 3.16. The van der Waals surface area contributed by atoms with E-state index in [1.165, 1.54) is 6.07 Å². The van der Waals surface area contributed by atoms with E-state index in [4.69, 9.17) is 11.6 Å². The van der Waals surface area contributed by atoms with E-state index in [1.807, 2.05) is 24.3 Å². The maximum Gasteiger partial charge on any atom is 0.128 e. The van der Waals surface area contributed by atoms with Gasteiger partial charge in [-0.05, 0) is 23.8 Å². The van der Waals surface area contributed by atoms with E-state index in [2.05, 4.69) is 10.2 Å². The Hall–Kier alpha value is -1.87. The molecule has 0 saturated heterocycles. The smallest absolute Gasteiger partial charge is 0.128 e. The first-order valence-corrected chi connectivity index (χ1v) is 5.98. The van der Waals surface area contributed by atoms with Gasteiger partial charge in [0, 0.05) is 22.5 Å². The van der Waals surface area contributed by atoms with Gasteiger partial charge in [-0.1, -0.05) is 35.9 Å². The van der Waals surface area contributed by atoms with Crippen LogP contribution in [0, 0.1) is 5.82 Å². The molecule has 2 aromatic carbocycles. The first kappa shape index (κ1) is 11.2. The highest BCUT2D eigenvalue weighted by atomic mass is 35.5. The van der Waals surface area contributed by atoms with Gasteiger partial charge in [0.15, 0.2) is 0 Å². The second-order valence-electron chi connectivity index (χ2n) is 4.13. The third kappa shape index (κ3) is 1.97. The molecule has 2 nitrogen and oxygen atoms in total. The van der Waals surface area contributed by atoms with Crippen LogP contribution in [-0.2, 0) is 6.42 Å². The van der Waals surface area contributed by atoms with Crippen LogP contribution < -0.4 is 0 Å². The predicted molar refractivity (Wildman–Crippen MR) is 70.3 cm³/mol. The average molecular weight is 261 g/mol. The second-order valence-corrected chi connectivity index (χ2v) is 4.57. The molecule has 0 radical (unpaired) electrons. The number of halogens is 2. The van der Waals surface area contributed by atoms with Crippen LogP contribution in [0.15, 0.2) is 42.5 Å². The van der Waals surface area contributed by atoms with Crippen LogP contribution in [0.2, 0.25) is 5.02 Å². The lowest BCUT2D eigenvalue weighted by Crippen LogP contribution is -1.93. The molecule has 0 aliphatic carbocycles. The van der Waals surface area contributed by atoms with Gasteiger partial charge >= 0.3 is 0 Å². The first-order chi connectivity index (χ1) is 8.74. The van der Waals surface area contributed by atoms with Crippen molar-refractivity contribution < 1.29 is 4.39 Å². The molecule has 0 spiro atoms. The van der Waals surface area contributed by atoms with Gasteiger partial charge in [-0.25, -0.2) is 4.39 Å². The van der Waals surface area contributed by atoms with Gasteiger partial charge in [0.25, 0.3) is 0 Å². The normalized spacial score (nSPS) is 11.0. The molecule has 0 fully saturated rings. The van der Waals surface area contributed by atoms with E-state index in [1.54, 1.807) is 12.1 Å². The van der Waals surface area contributed by atoms with Crippen LogP contribution in [0.5, 0.6) is 0 Å². The summed E-state index contributed by atoms with van der Waals surface area (Å²) in [6.45, 7) is 0. The predicted octanol–water partition coefficient (Wildman–Crippen LogP) is 3.95. The van der Waals surface area contributed by atoms with Crippen LogP contribution in [0.4, 0.5) is 4.39 Å². The van der Waals surface area contributed by atoms with Crippen LogP contribution in [0.1, 0.15) is 11.3 Å². The Balaban J connectivity index is 2.01. The highest BCUT2D eigenvalue weighted by Crippen LogP contribution is 2.21. The number of rotatable bonds is 2. The van der Waals surface area contributed by atoms with Crippen LogP contribution >= 0.6 is 11.6 Å². The molecule has 0 aliphatic heterocycles. The molecule has 90 valence electrons. The number of hydrogen-bond donors (Lipinski definition) is 1. The van der Waals surface area contributed by atoms with E-state index in [9.17, 15) is 4.39 Å².